The molecule has 2 amide bonds. The van der Waals surface area contributed by atoms with Crippen LogP contribution in [0, 0.1) is 5.92 Å². The first-order chi connectivity index (χ1) is 16.4. The molecular weight excluding hydrogens is 475 g/mol. The molecule has 2 aromatic rings. The van der Waals surface area contributed by atoms with Gasteiger partial charge in [0.2, 0.25) is 5.91 Å². The van der Waals surface area contributed by atoms with E-state index in [0.717, 1.165) is 43.8 Å². The van der Waals surface area contributed by atoms with E-state index in [4.69, 9.17) is 27.9 Å². The number of rotatable bonds is 4. The third-order valence-corrected chi connectivity index (χ3v) is 7.77. The number of aliphatic hydroxyl groups is 1. The van der Waals surface area contributed by atoms with Crippen LogP contribution in [-0.4, -0.2) is 47.1 Å². The maximum atomic E-state index is 12.9. The molecule has 8 heteroatoms. The predicted octanol–water partition coefficient (Wildman–Crippen LogP) is 4.48. The molecule has 1 aliphatic carbocycles. The van der Waals surface area contributed by atoms with Crippen molar-refractivity contribution in [1.29, 1.82) is 0 Å². The Labute approximate surface area is 209 Å². The number of nitrogens with zero attached hydrogens (tertiary/aromatic N) is 1. The number of halogens is 2. The van der Waals surface area contributed by atoms with Gasteiger partial charge in [0.15, 0.2) is 6.10 Å². The molecule has 3 aliphatic rings. The maximum absolute atomic E-state index is 12.9. The molecule has 1 saturated carbocycles. The molecule has 0 aromatic heterocycles. The quantitative estimate of drug-likeness (QED) is 0.645. The first-order valence-corrected chi connectivity index (χ1v) is 12.6. The summed E-state index contributed by atoms with van der Waals surface area (Å²) >= 11 is 12.0. The number of carbonyl (C=O) groups excluding carboxylic acids is 2. The molecule has 2 fully saturated rings. The predicted molar refractivity (Wildman–Crippen MR) is 130 cm³/mol. The van der Waals surface area contributed by atoms with Crippen molar-refractivity contribution in [1.82, 2.24) is 10.2 Å². The van der Waals surface area contributed by atoms with Gasteiger partial charge in [-0.25, -0.2) is 0 Å². The minimum Gasteiger partial charge on any atom is -0.480 e. The van der Waals surface area contributed by atoms with Crippen LogP contribution in [0.2, 0.25) is 10.0 Å². The summed E-state index contributed by atoms with van der Waals surface area (Å²) in [6, 6.07) is 12.9. The van der Waals surface area contributed by atoms with Crippen LogP contribution in [0.25, 0.3) is 0 Å². The summed E-state index contributed by atoms with van der Waals surface area (Å²) in [5.41, 5.74) is 1.83. The van der Waals surface area contributed by atoms with Crippen LogP contribution in [0.5, 0.6) is 5.75 Å². The molecule has 2 aromatic carbocycles. The van der Waals surface area contributed by atoms with E-state index in [0.29, 0.717) is 22.3 Å². The lowest BCUT2D eigenvalue weighted by Gasteiger charge is -2.42. The summed E-state index contributed by atoms with van der Waals surface area (Å²) in [5.74, 6) is 0.892. The van der Waals surface area contributed by atoms with Crippen LogP contribution >= 0.6 is 23.2 Å². The highest BCUT2D eigenvalue weighted by Gasteiger charge is 2.38. The number of ether oxygens (including phenoxy) is 1. The number of aliphatic hydroxyl groups excluding tert-OH is 1. The van der Waals surface area contributed by atoms with Gasteiger partial charge < -0.3 is 20.1 Å². The fourth-order valence-electron chi connectivity index (χ4n) is 5.22. The number of benzene rings is 2. The molecular formula is C26H28Cl2N2O4. The van der Waals surface area contributed by atoms with Crippen LogP contribution in [0.1, 0.15) is 55.3 Å². The largest absolute Gasteiger partial charge is 0.480 e. The van der Waals surface area contributed by atoms with E-state index in [1.54, 1.807) is 18.2 Å². The van der Waals surface area contributed by atoms with Crippen LogP contribution in [0.3, 0.4) is 0 Å². The van der Waals surface area contributed by atoms with Gasteiger partial charge in [0.1, 0.15) is 5.75 Å². The highest BCUT2D eigenvalue weighted by atomic mass is 35.5. The van der Waals surface area contributed by atoms with Crippen molar-refractivity contribution in [2.45, 2.75) is 56.3 Å². The van der Waals surface area contributed by atoms with Gasteiger partial charge in [-0.1, -0.05) is 35.3 Å². The number of fused-ring (bicyclic) bond motifs is 1. The van der Waals surface area contributed by atoms with Gasteiger partial charge in [0.05, 0.1) is 6.10 Å². The Morgan fingerprint density at radius 2 is 1.65 bits per heavy atom. The molecule has 2 aliphatic heterocycles. The zero-order valence-corrected chi connectivity index (χ0v) is 20.3. The van der Waals surface area contributed by atoms with Gasteiger partial charge >= 0.3 is 0 Å². The van der Waals surface area contributed by atoms with Crippen molar-refractivity contribution in [2.75, 3.05) is 13.1 Å². The average molecular weight is 503 g/mol. The van der Waals surface area contributed by atoms with Gasteiger partial charge in [-0.05, 0) is 61.6 Å². The molecule has 0 radical (unpaired) electrons. The number of hydrogen-bond acceptors (Lipinski definition) is 4. The molecule has 2 unspecified atom stereocenters. The zero-order chi connectivity index (χ0) is 23.8. The summed E-state index contributed by atoms with van der Waals surface area (Å²) in [4.78, 5) is 27.7. The fourth-order valence-corrected chi connectivity index (χ4v) is 5.53. The fraction of sp³-hybridized carbons (Fsp3) is 0.462. The van der Waals surface area contributed by atoms with Crippen molar-refractivity contribution in [3.05, 3.63) is 63.6 Å². The second-order valence-corrected chi connectivity index (χ2v) is 10.5. The van der Waals surface area contributed by atoms with Gasteiger partial charge in [-0.3, -0.25) is 9.59 Å². The minimum absolute atomic E-state index is 0.0158. The molecule has 0 bridgehead atoms. The normalized spacial score (nSPS) is 26.7. The Morgan fingerprint density at radius 1 is 0.971 bits per heavy atom. The zero-order valence-electron chi connectivity index (χ0n) is 18.8. The second kappa shape index (κ2) is 9.76. The summed E-state index contributed by atoms with van der Waals surface area (Å²) in [7, 11) is 0. The lowest BCUT2D eigenvalue weighted by molar-refractivity contribution is -0.141. The van der Waals surface area contributed by atoms with E-state index in [1.165, 1.54) is 5.56 Å². The molecule has 2 heterocycles. The number of hydrogen-bond donors (Lipinski definition) is 2. The molecule has 2 N–H and O–H groups in total. The van der Waals surface area contributed by atoms with Crippen molar-refractivity contribution >= 4 is 35.0 Å². The SMILES string of the molecule is O=C(NC1CCC(C(=O)N2CC(c3ccc(Cl)cc3)C2)CC1)C1CC(O)c2cc(Cl)ccc2O1. The van der Waals surface area contributed by atoms with E-state index in [1.807, 2.05) is 29.2 Å². The molecule has 6 nitrogen and oxygen atoms in total. The van der Waals surface area contributed by atoms with Crippen molar-refractivity contribution in [2.24, 2.45) is 5.92 Å². The van der Waals surface area contributed by atoms with E-state index in [9.17, 15) is 14.7 Å². The first-order valence-electron chi connectivity index (χ1n) is 11.9. The van der Waals surface area contributed by atoms with Gasteiger partial charge in [-0.2, -0.15) is 0 Å². The van der Waals surface area contributed by atoms with E-state index in [2.05, 4.69) is 5.32 Å². The number of nitrogens with one attached hydrogen (secondary N) is 1. The Bertz CT molecular complexity index is 1060. The number of carbonyl (C=O) groups is 2. The van der Waals surface area contributed by atoms with E-state index < -0.39 is 12.2 Å². The molecule has 2 atom stereocenters. The van der Waals surface area contributed by atoms with E-state index >= 15 is 0 Å². The number of likely N-dealkylation sites (tertiary alicyclic amines) is 1. The lowest BCUT2D eigenvalue weighted by atomic mass is 9.83. The van der Waals surface area contributed by atoms with Gasteiger partial charge in [-0.15, -0.1) is 0 Å². The van der Waals surface area contributed by atoms with Gasteiger partial charge in [0, 0.05) is 53.0 Å². The van der Waals surface area contributed by atoms with E-state index in [-0.39, 0.29) is 30.2 Å². The molecule has 0 spiro atoms. The smallest absolute Gasteiger partial charge is 0.261 e. The van der Waals surface area contributed by atoms with Crippen molar-refractivity contribution in [3.8, 4) is 5.75 Å². The van der Waals surface area contributed by atoms with Crippen LogP contribution in [-0.2, 0) is 9.59 Å². The maximum Gasteiger partial charge on any atom is 0.261 e. The standard InChI is InChI=1S/C26H28Cl2N2O4/c27-18-5-1-15(2-6-18)17-13-30(14-17)26(33)16-3-8-20(9-4-16)29-25(32)24-12-22(31)21-11-19(28)7-10-23(21)34-24/h1-2,5-7,10-11,16-17,20,22,24,31H,3-4,8-9,12-14H2,(H,29,32). The highest BCUT2D eigenvalue weighted by Crippen LogP contribution is 2.37. The number of amides is 2. The Morgan fingerprint density at radius 3 is 2.35 bits per heavy atom. The van der Waals surface area contributed by atoms with Crippen LogP contribution in [0.4, 0.5) is 0 Å². The van der Waals surface area contributed by atoms with Gasteiger partial charge in [0.25, 0.3) is 5.91 Å². The minimum atomic E-state index is -0.792. The van der Waals surface area contributed by atoms with Crippen molar-refractivity contribution in [3.63, 3.8) is 0 Å². The summed E-state index contributed by atoms with van der Waals surface area (Å²) in [6.07, 6.45) is 1.71. The molecule has 34 heavy (non-hydrogen) atoms. The second-order valence-electron chi connectivity index (χ2n) is 9.59. The average Bonchev–Trinajstić information content (AvgIpc) is 2.80. The molecule has 1 saturated heterocycles. The summed E-state index contributed by atoms with van der Waals surface area (Å²) in [6.45, 7) is 1.51. The first kappa shape index (κ1) is 23.5. The lowest BCUT2D eigenvalue weighted by Crippen LogP contribution is -2.52. The summed E-state index contributed by atoms with van der Waals surface area (Å²) in [5, 5.41) is 14.7. The Balaban J connectivity index is 1.08. The molecule has 5 rings (SSSR count). The summed E-state index contributed by atoms with van der Waals surface area (Å²) < 4.78 is 5.83. The third kappa shape index (κ3) is 4.90. The Hall–Kier alpha value is -2.28. The van der Waals surface area contributed by atoms with Crippen LogP contribution < -0.4 is 10.1 Å². The third-order valence-electron chi connectivity index (χ3n) is 7.29. The highest BCUT2D eigenvalue weighted by molar-refractivity contribution is 6.30. The monoisotopic (exact) mass is 502 g/mol. The Kier molecular flexibility index (Phi) is 6.74. The van der Waals surface area contributed by atoms with Crippen LogP contribution in [0.15, 0.2) is 42.5 Å². The van der Waals surface area contributed by atoms with Crippen molar-refractivity contribution < 1.29 is 19.4 Å². The topological polar surface area (TPSA) is 78.9 Å². The molecule has 180 valence electrons.